The van der Waals surface area contributed by atoms with Gasteiger partial charge >= 0.3 is 5.69 Å². The second-order valence-electron chi connectivity index (χ2n) is 4.89. The van der Waals surface area contributed by atoms with Crippen molar-refractivity contribution in [2.24, 2.45) is 0 Å². The van der Waals surface area contributed by atoms with Gasteiger partial charge in [0.2, 0.25) is 0 Å². The van der Waals surface area contributed by atoms with Crippen molar-refractivity contribution in [3.63, 3.8) is 0 Å². The summed E-state index contributed by atoms with van der Waals surface area (Å²) in [5, 5.41) is 3.38. The highest BCUT2D eigenvalue weighted by Crippen LogP contribution is 2.21. The number of piperidine rings is 1. The van der Waals surface area contributed by atoms with Gasteiger partial charge < -0.3 is 5.32 Å². The van der Waals surface area contributed by atoms with E-state index in [4.69, 9.17) is 0 Å². The molecule has 0 bridgehead atoms. The molecule has 4 nitrogen and oxygen atoms in total. The molecule has 0 spiro atoms. The van der Waals surface area contributed by atoms with Gasteiger partial charge in [0, 0.05) is 13.1 Å². The maximum absolute atomic E-state index is 12.5. The van der Waals surface area contributed by atoms with Gasteiger partial charge in [-0.05, 0) is 38.4 Å². The molecular weight excluding hydrogens is 226 g/mol. The van der Waals surface area contributed by atoms with Gasteiger partial charge in [0.05, 0.1) is 17.1 Å². The molecule has 1 aliphatic rings. The maximum atomic E-state index is 12.5. The van der Waals surface area contributed by atoms with E-state index in [1.54, 1.807) is 0 Å². The number of rotatable bonds is 2. The molecule has 3 rings (SSSR count). The summed E-state index contributed by atoms with van der Waals surface area (Å²) < 4.78 is 3.84. The molecule has 2 heterocycles. The number of hydrogen-bond acceptors (Lipinski definition) is 2. The zero-order chi connectivity index (χ0) is 12.5. The van der Waals surface area contributed by atoms with Crippen molar-refractivity contribution in [1.29, 1.82) is 0 Å². The number of benzene rings is 1. The molecule has 4 heteroatoms. The first-order valence-electron chi connectivity index (χ1n) is 6.73. The van der Waals surface area contributed by atoms with E-state index >= 15 is 0 Å². The highest BCUT2D eigenvalue weighted by Gasteiger charge is 2.21. The Morgan fingerprint density at radius 3 is 2.78 bits per heavy atom. The molecule has 1 fully saturated rings. The summed E-state index contributed by atoms with van der Waals surface area (Å²) in [5.41, 5.74) is 2.25. The van der Waals surface area contributed by atoms with Gasteiger partial charge in [-0.25, -0.2) is 4.79 Å². The lowest BCUT2D eigenvalue weighted by atomic mass is 10.1. The lowest BCUT2D eigenvalue weighted by Crippen LogP contribution is -2.36. The summed E-state index contributed by atoms with van der Waals surface area (Å²) in [6.07, 6.45) is 2.23. The number of aryl methyl sites for hydroxylation is 1. The monoisotopic (exact) mass is 245 g/mol. The third kappa shape index (κ3) is 1.68. The zero-order valence-corrected chi connectivity index (χ0v) is 10.7. The van der Waals surface area contributed by atoms with E-state index in [0.29, 0.717) is 6.04 Å². The Balaban J connectivity index is 2.21. The minimum absolute atomic E-state index is 0.132. The van der Waals surface area contributed by atoms with Crippen LogP contribution in [0.2, 0.25) is 0 Å². The summed E-state index contributed by atoms with van der Waals surface area (Å²) in [7, 11) is 0. The number of imidazole rings is 1. The number of nitrogens with one attached hydrogen (secondary N) is 1. The molecule has 0 aliphatic carbocycles. The van der Waals surface area contributed by atoms with Gasteiger partial charge in [-0.15, -0.1) is 0 Å². The summed E-state index contributed by atoms with van der Waals surface area (Å²) in [5.74, 6) is 0. The predicted molar refractivity (Wildman–Crippen MR) is 73.0 cm³/mol. The van der Waals surface area contributed by atoms with Crippen LogP contribution in [-0.4, -0.2) is 22.2 Å². The third-order valence-electron chi connectivity index (χ3n) is 3.82. The van der Waals surface area contributed by atoms with Crippen molar-refractivity contribution in [2.45, 2.75) is 32.4 Å². The number of hydrogen-bond donors (Lipinski definition) is 1. The Hall–Kier alpha value is -1.55. The fraction of sp³-hybridized carbons (Fsp3) is 0.500. The first-order valence-corrected chi connectivity index (χ1v) is 6.73. The zero-order valence-electron chi connectivity index (χ0n) is 10.7. The summed E-state index contributed by atoms with van der Waals surface area (Å²) in [6.45, 7) is 4.72. The van der Waals surface area contributed by atoms with Crippen LogP contribution >= 0.6 is 0 Å². The van der Waals surface area contributed by atoms with E-state index in [0.717, 1.165) is 43.5 Å². The number of para-hydroxylation sites is 2. The number of nitrogens with zero attached hydrogens (tertiary/aromatic N) is 2. The van der Waals surface area contributed by atoms with Crippen LogP contribution in [0, 0.1) is 0 Å². The van der Waals surface area contributed by atoms with Crippen molar-refractivity contribution in [1.82, 2.24) is 14.5 Å². The van der Waals surface area contributed by atoms with Gasteiger partial charge in [0.25, 0.3) is 0 Å². The SMILES string of the molecule is CCn1c(=O)n([C@H]2CCCNC2)c2ccccc21. The Bertz CT molecular complexity index is 605. The Labute approximate surface area is 106 Å². The van der Waals surface area contributed by atoms with Gasteiger partial charge in [-0.2, -0.15) is 0 Å². The minimum Gasteiger partial charge on any atom is -0.315 e. The smallest absolute Gasteiger partial charge is 0.315 e. The van der Waals surface area contributed by atoms with E-state index in [-0.39, 0.29) is 5.69 Å². The maximum Gasteiger partial charge on any atom is 0.329 e. The van der Waals surface area contributed by atoms with Gasteiger partial charge in [-0.3, -0.25) is 9.13 Å². The van der Waals surface area contributed by atoms with Gasteiger partial charge in [0.15, 0.2) is 0 Å². The second kappa shape index (κ2) is 4.61. The lowest BCUT2D eigenvalue weighted by Gasteiger charge is -2.23. The van der Waals surface area contributed by atoms with E-state index in [2.05, 4.69) is 11.4 Å². The topological polar surface area (TPSA) is 39.0 Å². The molecule has 0 saturated carbocycles. The minimum atomic E-state index is 0.132. The number of aromatic nitrogens is 2. The lowest BCUT2D eigenvalue weighted by molar-refractivity contribution is 0.368. The van der Waals surface area contributed by atoms with E-state index in [1.807, 2.05) is 34.3 Å². The Morgan fingerprint density at radius 2 is 2.11 bits per heavy atom. The molecule has 18 heavy (non-hydrogen) atoms. The van der Waals surface area contributed by atoms with Crippen LogP contribution in [0.4, 0.5) is 0 Å². The molecule has 1 atom stereocenters. The van der Waals surface area contributed by atoms with Gasteiger partial charge in [-0.1, -0.05) is 12.1 Å². The molecule has 1 saturated heterocycles. The normalized spacial score (nSPS) is 20.4. The van der Waals surface area contributed by atoms with Crippen LogP contribution in [0.25, 0.3) is 11.0 Å². The van der Waals surface area contributed by atoms with Crippen molar-refractivity contribution in [2.75, 3.05) is 13.1 Å². The van der Waals surface area contributed by atoms with Crippen LogP contribution in [-0.2, 0) is 6.54 Å². The van der Waals surface area contributed by atoms with Crippen LogP contribution < -0.4 is 11.0 Å². The van der Waals surface area contributed by atoms with Crippen molar-refractivity contribution >= 4 is 11.0 Å². The molecule has 1 N–H and O–H groups in total. The highest BCUT2D eigenvalue weighted by molar-refractivity contribution is 5.76. The molecule has 0 amide bonds. The third-order valence-corrected chi connectivity index (χ3v) is 3.82. The van der Waals surface area contributed by atoms with Crippen LogP contribution in [0.15, 0.2) is 29.1 Å². The standard InChI is InChI=1S/C14H19N3O/c1-2-16-12-7-3-4-8-13(12)17(14(16)18)11-6-5-9-15-10-11/h3-4,7-8,11,15H,2,5-6,9-10H2,1H3/t11-/m0/s1. The molecule has 96 valence electrons. The average molecular weight is 245 g/mol. The molecule has 0 unspecified atom stereocenters. The van der Waals surface area contributed by atoms with Crippen molar-refractivity contribution < 1.29 is 0 Å². The molecule has 1 aromatic heterocycles. The first kappa shape index (κ1) is 11.5. The Kier molecular flexibility index (Phi) is 2.96. The second-order valence-corrected chi connectivity index (χ2v) is 4.89. The largest absolute Gasteiger partial charge is 0.329 e. The summed E-state index contributed by atoms with van der Waals surface area (Å²) >= 11 is 0. The molecule has 1 aromatic carbocycles. The fourth-order valence-corrected chi connectivity index (χ4v) is 2.94. The predicted octanol–water partition coefficient (Wildman–Crippen LogP) is 1.75. The summed E-state index contributed by atoms with van der Waals surface area (Å²) in [6, 6.07) is 8.39. The highest BCUT2D eigenvalue weighted by atomic mass is 16.1. The summed E-state index contributed by atoms with van der Waals surface area (Å²) in [4.78, 5) is 12.5. The van der Waals surface area contributed by atoms with E-state index in [9.17, 15) is 4.79 Å². The van der Waals surface area contributed by atoms with E-state index in [1.165, 1.54) is 0 Å². The molecule has 0 radical (unpaired) electrons. The first-order chi connectivity index (χ1) is 8.83. The quantitative estimate of drug-likeness (QED) is 0.875. The van der Waals surface area contributed by atoms with E-state index < -0.39 is 0 Å². The molecule has 2 aromatic rings. The van der Waals surface area contributed by atoms with Crippen LogP contribution in [0.5, 0.6) is 0 Å². The van der Waals surface area contributed by atoms with Crippen molar-refractivity contribution in [3.05, 3.63) is 34.7 Å². The molecule has 1 aliphatic heterocycles. The van der Waals surface area contributed by atoms with Crippen LogP contribution in [0.1, 0.15) is 25.8 Å². The molecular formula is C14H19N3O. The van der Waals surface area contributed by atoms with Crippen LogP contribution in [0.3, 0.4) is 0 Å². The Morgan fingerprint density at radius 1 is 1.33 bits per heavy atom. The number of fused-ring (bicyclic) bond motifs is 1. The van der Waals surface area contributed by atoms with Crippen molar-refractivity contribution in [3.8, 4) is 0 Å². The van der Waals surface area contributed by atoms with Gasteiger partial charge in [0.1, 0.15) is 0 Å². The average Bonchev–Trinajstić information content (AvgIpc) is 2.71. The fourth-order valence-electron chi connectivity index (χ4n) is 2.94.